The molecule has 108 valence electrons. The average molecular weight is 299 g/mol. The summed E-state index contributed by atoms with van der Waals surface area (Å²) in [4.78, 5) is 12.8. The average Bonchev–Trinajstić information content (AvgIpc) is 2.54. The highest BCUT2D eigenvalue weighted by molar-refractivity contribution is 7.98. The number of nitrogens with zero attached hydrogens (tertiary/aromatic N) is 1. The molecule has 21 heavy (non-hydrogen) atoms. The number of carbonyl (C=O) groups is 1. The quantitative estimate of drug-likeness (QED) is 0.490. The van der Waals surface area contributed by atoms with Crippen molar-refractivity contribution < 1.29 is 4.79 Å². The van der Waals surface area contributed by atoms with Gasteiger partial charge in [-0.15, -0.1) is 11.8 Å². The van der Waals surface area contributed by atoms with E-state index in [1.54, 1.807) is 18.0 Å². The molecule has 0 atom stereocenters. The second-order valence-electron chi connectivity index (χ2n) is 4.29. The number of hydrogen-bond donors (Lipinski definition) is 2. The van der Waals surface area contributed by atoms with E-state index in [1.807, 2.05) is 60.9 Å². The Morgan fingerprint density at radius 3 is 2.52 bits per heavy atom. The van der Waals surface area contributed by atoms with Gasteiger partial charge in [0.25, 0.3) is 5.91 Å². The predicted molar refractivity (Wildman–Crippen MR) is 88.9 cm³/mol. The number of hydrazone groups is 1. The first-order chi connectivity index (χ1) is 10.3. The van der Waals surface area contributed by atoms with Crippen LogP contribution in [0.4, 0.5) is 5.69 Å². The maximum Gasteiger partial charge on any atom is 0.259 e. The van der Waals surface area contributed by atoms with Crippen LogP contribution in [0.25, 0.3) is 0 Å². The minimum Gasteiger partial charge on any atom is -0.376 e. The van der Waals surface area contributed by atoms with Crippen LogP contribution < -0.4 is 10.7 Å². The number of thioether (sulfide) groups is 1. The Labute approximate surface area is 128 Å². The molecule has 2 aromatic carbocycles. The van der Waals surface area contributed by atoms with Gasteiger partial charge in [-0.2, -0.15) is 5.10 Å². The first-order valence-corrected chi connectivity index (χ1v) is 7.75. The van der Waals surface area contributed by atoms with Crippen LogP contribution >= 0.6 is 11.8 Å². The molecule has 0 heterocycles. The molecule has 0 aliphatic rings. The highest BCUT2D eigenvalue weighted by Crippen LogP contribution is 2.13. The van der Waals surface area contributed by atoms with E-state index in [1.165, 1.54) is 4.90 Å². The van der Waals surface area contributed by atoms with Crippen molar-refractivity contribution >= 4 is 29.6 Å². The van der Waals surface area contributed by atoms with Crippen molar-refractivity contribution in [2.75, 3.05) is 18.1 Å². The molecule has 0 bridgehead atoms. The third kappa shape index (κ3) is 5.31. The Morgan fingerprint density at radius 1 is 1.14 bits per heavy atom. The summed E-state index contributed by atoms with van der Waals surface area (Å²) in [6.45, 7) is 0.187. The number of carbonyl (C=O) groups excluding carboxylic acids is 1. The summed E-state index contributed by atoms with van der Waals surface area (Å²) in [5, 5.41) is 6.96. The second-order valence-corrected chi connectivity index (χ2v) is 5.17. The summed E-state index contributed by atoms with van der Waals surface area (Å²) in [7, 11) is 0. The van der Waals surface area contributed by atoms with Gasteiger partial charge in [-0.25, -0.2) is 5.43 Å². The van der Waals surface area contributed by atoms with Gasteiger partial charge < -0.3 is 5.32 Å². The summed E-state index contributed by atoms with van der Waals surface area (Å²) in [6.07, 6.45) is 3.66. The van der Waals surface area contributed by atoms with Gasteiger partial charge in [-0.1, -0.05) is 30.3 Å². The van der Waals surface area contributed by atoms with E-state index in [0.717, 1.165) is 11.3 Å². The minimum absolute atomic E-state index is 0.184. The van der Waals surface area contributed by atoms with E-state index in [2.05, 4.69) is 15.8 Å². The highest BCUT2D eigenvalue weighted by atomic mass is 32.2. The summed E-state index contributed by atoms with van der Waals surface area (Å²) < 4.78 is 0. The zero-order chi connectivity index (χ0) is 14.9. The molecule has 2 N–H and O–H groups in total. The number of anilines is 1. The van der Waals surface area contributed by atoms with Crippen LogP contribution in [0.1, 0.15) is 5.56 Å². The maximum absolute atomic E-state index is 11.6. The van der Waals surface area contributed by atoms with Gasteiger partial charge in [0.15, 0.2) is 0 Å². The minimum atomic E-state index is -0.184. The van der Waals surface area contributed by atoms with E-state index in [4.69, 9.17) is 0 Å². The van der Waals surface area contributed by atoms with Crippen LogP contribution in [0, 0.1) is 0 Å². The molecule has 0 aliphatic heterocycles. The van der Waals surface area contributed by atoms with E-state index in [-0.39, 0.29) is 12.5 Å². The van der Waals surface area contributed by atoms with E-state index < -0.39 is 0 Å². The molecule has 1 amide bonds. The molecular formula is C16H17N3OS. The van der Waals surface area contributed by atoms with Crippen molar-refractivity contribution in [1.29, 1.82) is 0 Å². The normalized spacial score (nSPS) is 10.5. The fraction of sp³-hybridized carbons (Fsp3) is 0.125. The Bertz CT molecular complexity index is 597. The summed E-state index contributed by atoms with van der Waals surface area (Å²) >= 11 is 1.69. The molecule has 0 saturated carbocycles. The van der Waals surface area contributed by atoms with Gasteiger partial charge in [-0.05, 0) is 36.1 Å². The molecule has 4 nitrogen and oxygen atoms in total. The zero-order valence-corrected chi connectivity index (χ0v) is 12.6. The lowest BCUT2D eigenvalue weighted by molar-refractivity contribution is -0.119. The van der Waals surface area contributed by atoms with Crippen LogP contribution in [-0.4, -0.2) is 24.9 Å². The number of para-hydroxylation sites is 1. The third-order valence-electron chi connectivity index (χ3n) is 2.75. The molecule has 0 aliphatic carbocycles. The van der Waals surface area contributed by atoms with Crippen LogP contribution in [0.15, 0.2) is 64.6 Å². The summed E-state index contributed by atoms with van der Waals surface area (Å²) in [5.41, 5.74) is 4.35. The Kier molecular flexibility index (Phi) is 5.84. The monoisotopic (exact) mass is 299 g/mol. The highest BCUT2D eigenvalue weighted by Gasteiger charge is 1.98. The largest absolute Gasteiger partial charge is 0.376 e. The van der Waals surface area contributed by atoms with Gasteiger partial charge in [0.2, 0.25) is 0 Å². The molecule has 0 fully saturated rings. The topological polar surface area (TPSA) is 53.5 Å². The lowest BCUT2D eigenvalue weighted by atomic mass is 10.2. The molecular weight excluding hydrogens is 282 g/mol. The van der Waals surface area contributed by atoms with Crippen LogP contribution in [0.2, 0.25) is 0 Å². The van der Waals surface area contributed by atoms with Crippen molar-refractivity contribution in [2.24, 2.45) is 5.10 Å². The van der Waals surface area contributed by atoms with Crippen molar-refractivity contribution in [3.8, 4) is 0 Å². The number of hydrogen-bond acceptors (Lipinski definition) is 4. The van der Waals surface area contributed by atoms with Crippen molar-refractivity contribution in [2.45, 2.75) is 4.90 Å². The molecule has 0 unspecified atom stereocenters. The fourth-order valence-corrected chi connectivity index (χ4v) is 2.05. The molecule has 0 radical (unpaired) electrons. The molecule has 0 saturated heterocycles. The Balaban J connectivity index is 1.76. The molecule has 0 aromatic heterocycles. The number of benzene rings is 2. The van der Waals surface area contributed by atoms with Crippen molar-refractivity contribution in [3.63, 3.8) is 0 Å². The summed E-state index contributed by atoms with van der Waals surface area (Å²) in [6, 6.07) is 17.5. The van der Waals surface area contributed by atoms with Gasteiger partial charge in [0, 0.05) is 10.6 Å². The van der Waals surface area contributed by atoms with Crippen LogP contribution in [-0.2, 0) is 4.79 Å². The van der Waals surface area contributed by atoms with E-state index in [9.17, 15) is 4.79 Å². The van der Waals surface area contributed by atoms with Crippen LogP contribution in [0.3, 0.4) is 0 Å². The third-order valence-corrected chi connectivity index (χ3v) is 3.49. The first-order valence-electron chi connectivity index (χ1n) is 6.53. The zero-order valence-electron chi connectivity index (χ0n) is 11.7. The van der Waals surface area contributed by atoms with Crippen molar-refractivity contribution in [3.05, 3.63) is 60.2 Å². The second kappa shape index (κ2) is 8.11. The SMILES string of the molecule is CSc1ccc(/C=N/NC(=O)CNc2ccccc2)cc1. The smallest absolute Gasteiger partial charge is 0.259 e. The lowest BCUT2D eigenvalue weighted by Crippen LogP contribution is -2.25. The van der Waals surface area contributed by atoms with Gasteiger partial charge >= 0.3 is 0 Å². The number of nitrogens with one attached hydrogen (secondary N) is 2. The van der Waals surface area contributed by atoms with E-state index >= 15 is 0 Å². The molecule has 2 aromatic rings. The molecule has 0 spiro atoms. The van der Waals surface area contributed by atoms with Gasteiger partial charge in [0.05, 0.1) is 12.8 Å². The standard InChI is InChI=1S/C16H17N3OS/c1-21-15-9-7-13(8-10-15)11-18-19-16(20)12-17-14-5-3-2-4-6-14/h2-11,17H,12H2,1H3,(H,19,20)/b18-11+. The predicted octanol–water partition coefficient (Wildman–Crippen LogP) is 2.97. The van der Waals surface area contributed by atoms with Crippen molar-refractivity contribution in [1.82, 2.24) is 5.43 Å². The van der Waals surface area contributed by atoms with E-state index in [0.29, 0.717) is 0 Å². The van der Waals surface area contributed by atoms with Gasteiger partial charge in [-0.3, -0.25) is 4.79 Å². The molecule has 5 heteroatoms. The van der Waals surface area contributed by atoms with Gasteiger partial charge in [0.1, 0.15) is 0 Å². The number of amides is 1. The Hall–Kier alpha value is -2.27. The summed E-state index contributed by atoms with van der Waals surface area (Å²) in [5.74, 6) is -0.184. The molecule has 2 rings (SSSR count). The van der Waals surface area contributed by atoms with Crippen LogP contribution in [0.5, 0.6) is 0 Å². The fourth-order valence-electron chi connectivity index (χ4n) is 1.65. The lowest BCUT2D eigenvalue weighted by Gasteiger charge is -2.04. The Morgan fingerprint density at radius 2 is 1.86 bits per heavy atom. The number of rotatable bonds is 6. The maximum atomic E-state index is 11.6. The first kappa shape index (κ1) is 15.1.